The van der Waals surface area contributed by atoms with E-state index in [2.05, 4.69) is 5.32 Å². The van der Waals surface area contributed by atoms with Gasteiger partial charge in [-0.15, -0.1) is 0 Å². The van der Waals surface area contributed by atoms with Crippen molar-refractivity contribution in [2.75, 3.05) is 24.6 Å². The van der Waals surface area contributed by atoms with Gasteiger partial charge in [0.15, 0.2) is 0 Å². The molecule has 19 heavy (non-hydrogen) atoms. The van der Waals surface area contributed by atoms with E-state index in [0.29, 0.717) is 12.2 Å². The van der Waals surface area contributed by atoms with E-state index >= 15 is 0 Å². The molecule has 1 aromatic rings. The molecule has 0 aliphatic carbocycles. The van der Waals surface area contributed by atoms with Crippen LogP contribution in [0.3, 0.4) is 0 Å². The predicted octanol–water partition coefficient (Wildman–Crippen LogP) is 2.70. The first-order valence-corrected chi connectivity index (χ1v) is 6.91. The van der Waals surface area contributed by atoms with Crippen LogP contribution in [0.25, 0.3) is 0 Å². The summed E-state index contributed by atoms with van der Waals surface area (Å²) in [6.07, 6.45) is 0. The second-order valence-corrected chi connectivity index (χ2v) is 5.00. The summed E-state index contributed by atoms with van der Waals surface area (Å²) in [7, 11) is 0. The van der Waals surface area contributed by atoms with Crippen molar-refractivity contribution in [2.24, 2.45) is 0 Å². The lowest BCUT2D eigenvalue weighted by atomic mass is 10.1. The van der Waals surface area contributed by atoms with Crippen LogP contribution in [0.4, 0.5) is 10.1 Å². The Balaban J connectivity index is 2.98. The third-order valence-corrected chi connectivity index (χ3v) is 3.26. The number of anilines is 1. The molecule has 3 nitrogen and oxygen atoms in total. The highest BCUT2D eigenvalue weighted by Crippen LogP contribution is 2.24. The molecule has 0 aliphatic heterocycles. The first kappa shape index (κ1) is 15.9. The Hall–Kier alpha value is -1.13. The topological polar surface area (TPSA) is 35.5 Å². The van der Waals surface area contributed by atoms with Gasteiger partial charge in [0.2, 0.25) is 0 Å². The van der Waals surface area contributed by atoms with E-state index in [0.717, 1.165) is 12.1 Å². The maximum Gasteiger partial charge on any atom is 0.146 e. The van der Waals surface area contributed by atoms with Crippen LogP contribution >= 0.6 is 0 Å². The van der Waals surface area contributed by atoms with Crippen molar-refractivity contribution in [3.8, 4) is 0 Å². The van der Waals surface area contributed by atoms with Crippen LogP contribution in [0.1, 0.15) is 39.3 Å². The van der Waals surface area contributed by atoms with Crippen molar-refractivity contribution < 1.29 is 9.50 Å². The number of aliphatic hydroxyl groups is 1. The number of nitrogens with one attached hydrogen (secondary N) is 1. The van der Waals surface area contributed by atoms with Gasteiger partial charge in [0.25, 0.3) is 0 Å². The summed E-state index contributed by atoms with van der Waals surface area (Å²) in [5.41, 5.74) is 1.49. The number of aliphatic hydroxyl groups excluding tert-OH is 1. The third-order valence-electron chi connectivity index (χ3n) is 3.26. The highest BCUT2D eigenvalue weighted by Gasteiger charge is 2.15. The monoisotopic (exact) mass is 268 g/mol. The summed E-state index contributed by atoms with van der Waals surface area (Å²) in [5.74, 6) is -0.232. The normalized spacial score (nSPS) is 12.8. The van der Waals surface area contributed by atoms with Crippen LogP contribution in [-0.2, 0) is 0 Å². The minimum Gasteiger partial charge on any atom is -0.395 e. The van der Waals surface area contributed by atoms with Gasteiger partial charge in [-0.25, -0.2) is 4.39 Å². The fraction of sp³-hybridized carbons (Fsp3) is 0.600. The van der Waals surface area contributed by atoms with E-state index in [-0.39, 0.29) is 24.5 Å². The van der Waals surface area contributed by atoms with Gasteiger partial charge in [0.05, 0.1) is 12.3 Å². The second kappa shape index (κ2) is 7.46. The first-order chi connectivity index (χ1) is 9.01. The summed E-state index contributed by atoms with van der Waals surface area (Å²) in [6.45, 7) is 9.35. The van der Waals surface area contributed by atoms with Crippen LogP contribution in [0.5, 0.6) is 0 Å². The Morgan fingerprint density at radius 1 is 1.32 bits per heavy atom. The molecule has 0 spiro atoms. The maximum absolute atomic E-state index is 14.2. The number of benzene rings is 1. The molecule has 0 aliphatic rings. The van der Waals surface area contributed by atoms with E-state index in [1.165, 1.54) is 0 Å². The Kier molecular flexibility index (Phi) is 6.25. The van der Waals surface area contributed by atoms with Gasteiger partial charge in [-0.2, -0.15) is 0 Å². The molecule has 0 heterocycles. The predicted molar refractivity (Wildman–Crippen MR) is 78.1 cm³/mol. The summed E-state index contributed by atoms with van der Waals surface area (Å²) in [5, 5.41) is 12.3. The van der Waals surface area contributed by atoms with E-state index in [1.807, 2.05) is 38.7 Å². The number of rotatable bonds is 7. The maximum atomic E-state index is 14.2. The molecule has 0 aromatic heterocycles. The second-order valence-electron chi connectivity index (χ2n) is 5.00. The lowest BCUT2D eigenvalue weighted by molar-refractivity contribution is 0.298. The molecule has 108 valence electrons. The zero-order valence-electron chi connectivity index (χ0n) is 12.3. The summed E-state index contributed by atoms with van der Waals surface area (Å²) >= 11 is 0. The van der Waals surface area contributed by atoms with Crippen molar-refractivity contribution in [1.29, 1.82) is 0 Å². The van der Waals surface area contributed by atoms with Crippen LogP contribution in [0.2, 0.25) is 0 Å². The summed E-state index contributed by atoms with van der Waals surface area (Å²) in [4.78, 5) is 1.87. The molecule has 0 fully saturated rings. The molecule has 4 heteroatoms. The van der Waals surface area contributed by atoms with Gasteiger partial charge in [-0.1, -0.05) is 13.0 Å². The molecule has 0 amide bonds. The molecule has 1 unspecified atom stereocenters. The molecule has 1 atom stereocenters. The average Bonchev–Trinajstić information content (AvgIpc) is 2.36. The Morgan fingerprint density at radius 2 is 2.00 bits per heavy atom. The quantitative estimate of drug-likeness (QED) is 0.798. The fourth-order valence-corrected chi connectivity index (χ4v) is 2.21. The van der Waals surface area contributed by atoms with E-state index in [1.54, 1.807) is 12.1 Å². The van der Waals surface area contributed by atoms with Gasteiger partial charge < -0.3 is 15.3 Å². The third kappa shape index (κ3) is 4.18. The Labute approximate surface area is 115 Å². The molecule has 1 aromatic carbocycles. The van der Waals surface area contributed by atoms with Crippen molar-refractivity contribution in [3.63, 3.8) is 0 Å². The number of hydrogen-bond acceptors (Lipinski definition) is 3. The first-order valence-electron chi connectivity index (χ1n) is 6.91. The largest absolute Gasteiger partial charge is 0.395 e. The smallest absolute Gasteiger partial charge is 0.146 e. The lowest BCUT2D eigenvalue weighted by Crippen LogP contribution is -2.34. The molecule has 2 N–H and O–H groups in total. The van der Waals surface area contributed by atoms with Gasteiger partial charge in [0, 0.05) is 18.6 Å². The van der Waals surface area contributed by atoms with Crippen LogP contribution in [0, 0.1) is 5.82 Å². The van der Waals surface area contributed by atoms with Crippen molar-refractivity contribution in [2.45, 2.75) is 39.8 Å². The average molecular weight is 268 g/mol. The minimum atomic E-state index is -0.232. The fourth-order valence-electron chi connectivity index (χ4n) is 2.21. The highest BCUT2D eigenvalue weighted by atomic mass is 19.1. The Bertz CT molecular complexity index is 396. The zero-order valence-corrected chi connectivity index (χ0v) is 12.3. The zero-order chi connectivity index (χ0) is 14.4. The minimum absolute atomic E-state index is 0.0210. The SMILES string of the molecule is CCNC(C)c1ccc(N(CCO)C(C)C)c(F)c1. The van der Waals surface area contributed by atoms with E-state index in [9.17, 15) is 4.39 Å². The molecule has 0 bridgehead atoms. The molecular weight excluding hydrogens is 243 g/mol. The lowest BCUT2D eigenvalue weighted by Gasteiger charge is -2.29. The van der Waals surface area contributed by atoms with Crippen molar-refractivity contribution >= 4 is 5.69 Å². The van der Waals surface area contributed by atoms with Crippen LogP contribution in [-0.4, -0.2) is 30.8 Å². The molecule has 0 radical (unpaired) electrons. The number of hydrogen-bond donors (Lipinski definition) is 2. The number of nitrogens with zero attached hydrogens (tertiary/aromatic N) is 1. The molecule has 0 saturated heterocycles. The van der Waals surface area contributed by atoms with Gasteiger partial charge in [-0.05, 0) is 45.0 Å². The van der Waals surface area contributed by atoms with Crippen LogP contribution < -0.4 is 10.2 Å². The van der Waals surface area contributed by atoms with Crippen LogP contribution in [0.15, 0.2) is 18.2 Å². The molecule has 1 rings (SSSR count). The van der Waals surface area contributed by atoms with Gasteiger partial charge in [-0.3, -0.25) is 0 Å². The molecule has 0 saturated carbocycles. The van der Waals surface area contributed by atoms with E-state index < -0.39 is 0 Å². The highest BCUT2D eigenvalue weighted by molar-refractivity contribution is 5.50. The van der Waals surface area contributed by atoms with Crippen molar-refractivity contribution in [3.05, 3.63) is 29.6 Å². The van der Waals surface area contributed by atoms with E-state index in [4.69, 9.17) is 5.11 Å². The van der Waals surface area contributed by atoms with Crippen molar-refractivity contribution in [1.82, 2.24) is 5.32 Å². The van der Waals surface area contributed by atoms with Gasteiger partial charge >= 0.3 is 0 Å². The summed E-state index contributed by atoms with van der Waals surface area (Å²) in [6, 6.07) is 5.61. The van der Waals surface area contributed by atoms with Gasteiger partial charge in [0.1, 0.15) is 5.82 Å². The summed E-state index contributed by atoms with van der Waals surface area (Å²) < 4.78 is 14.2. The number of halogens is 1. The standard InChI is InChI=1S/C15H25FN2O/c1-5-17-12(4)13-6-7-15(14(16)10-13)18(8-9-19)11(2)3/h6-7,10-12,17,19H,5,8-9H2,1-4H3. The Morgan fingerprint density at radius 3 is 2.47 bits per heavy atom. The molecular formula is C15H25FN2O.